The Labute approximate surface area is 267 Å². The van der Waals surface area contributed by atoms with Gasteiger partial charge in [0.05, 0.1) is 5.52 Å². The third kappa shape index (κ3) is 9.17. The average Bonchev–Trinajstić information content (AvgIpc) is 3.52. The van der Waals surface area contributed by atoms with E-state index in [0.717, 1.165) is 71.7 Å². The first kappa shape index (κ1) is 33.2. The highest BCUT2D eigenvalue weighted by atomic mass is 16.5. The van der Waals surface area contributed by atoms with Gasteiger partial charge in [-0.05, 0) is 73.7 Å². The summed E-state index contributed by atoms with van der Waals surface area (Å²) >= 11 is 0. The van der Waals surface area contributed by atoms with E-state index >= 15 is 0 Å². The number of nitrogens with zero attached hydrogens (tertiary/aromatic N) is 5. The van der Waals surface area contributed by atoms with Crippen molar-refractivity contribution in [3.05, 3.63) is 79.0 Å². The van der Waals surface area contributed by atoms with Gasteiger partial charge in [0.1, 0.15) is 29.3 Å². The fourth-order valence-corrected chi connectivity index (χ4v) is 4.66. The molecule has 5 rings (SSSR count). The second-order valence-corrected chi connectivity index (χ2v) is 11.4. The maximum atomic E-state index is 13.1. The third-order valence-corrected chi connectivity index (χ3v) is 7.79. The minimum Gasteiger partial charge on any atom is -0.457 e. The summed E-state index contributed by atoms with van der Waals surface area (Å²) in [7, 11) is 0. The molecule has 2 N–H and O–H groups in total. The average molecular weight is 610 g/mol. The fraction of sp³-hybridized carbons (Fsp3) is 0.389. The summed E-state index contributed by atoms with van der Waals surface area (Å²) < 4.78 is 8.07. The molecule has 0 bridgehead atoms. The number of urea groups is 1. The first-order valence-corrected chi connectivity index (χ1v) is 16.1. The Balaban J connectivity index is 0.00000109. The topological polar surface area (TPSA) is 96.7 Å². The van der Waals surface area contributed by atoms with Crippen molar-refractivity contribution in [1.82, 2.24) is 24.3 Å². The maximum Gasteiger partial charge on any atom is 0.321 e. The first-order valence-electron chi connectivity index (χ1n) is 16.1. The van der Waals surface area contributed by atoms with Crippen molar-refractivity contribution >= 4 is 39.8 Å². The standard InChI is InChI=1S/C32H37N7O2.C4H10/c1-5-14-39(15-11-22(3)6-2)32(40)37-25-7-9-28-27(19-25)31(35-21-34-28)36-24-8-10-29(23(4)18-24)41-26-12-16-38-17-13-33-30(38)20-26;1-3-4-2/h7-10,12-13,16-22H,5-6,11,14-15H2,1-4H3,(H,37,40)(H,34,35,36);3-4H2,1-2H3. The van der Waals surface area contributed by atoms with Gasteiger partial charge in [0.25, 0.3) is 0 Å². The van der Waals surface area contributed by atoms with Crippen LogP contribution in [0.1, 0.15) is 72.3 Å². The summed E-state index contributed by atoms with van der Waals surface area (Å²) in [4.78, 5) is 28.3. The highest BCUT2D eigenvalue weighted by Crippen LogP contribution is 2.31. The van der Waals surface area contributed by atoms with Crippen LogP contribution in [0.2, 0.25) is 0 Å². The number of amides is 2. The van der Waals surface area contributed by atoms with Gasteiger partial charge in [-0.3, -0.25) is 0 Å². The molecule has 1 atom stereocenters. The number of carbonyl (C=O) groups is 1. The van der Waals surface area contributed by atoms with E-state index in [2.05, 4.69) is 60.2 Å². The van der Waals surface area contributed by atoms with Crippen LogP contribution < -0.4 is 15.4 Å². The quantitative estimate of drug-likeness (QED) is 0.146. The van der Waals surface area contributed by atoms with Gasteiger partial charge in [-0.25, -0.2) is 19.7 Å². The van der Waals surface area contributed by atoms with Crippen LogP contribution in [-0.2, 0) is 0 Å². The van der Waals surface area contributed by atoms with Crippen molar-refractivity contribution in [2.24, 2.45) is 5.92 Å². The highest BCUT2D eigenvalue weighted by Gasteiger charge is 2.15. The molecule has 2 amide bonds. The minimum absolute atomic E-state index is 0.0843. The van der Waals surface area contributed by atoms with Gasteiger partial charge in [-0.15, -0.1) is 0 Å². The predicted octanol–water partition coefficient (Wildman–Crippen LogP) is 9.61. The van der Waals surface area contributed by atoms with Crippen LogP contribution in [0.25, 0.3) is 16.6 Å². The lowest BCUT2D eigenvalue weighted by Crippen LogP contribution is -2.36. The number of hydrogen-bond acceptors (Lipinski definition) is 6. The molecule has 0 aliphatic rings. The zero-order chi connectivity index (χ0) is 32.2. The molecule has 0 fully saturated rings. The van der Waals surface area contributed by atoms with Crippen LogP contribution in [0.15, 0.2) is 73.4 Å². The molecule has 3 heterocycles. The van der Waals surface area contributed by atoms with Crippen LogP contribution in [-0.4, -0.2) is 43.4 Å². The van der Waals surface area contributed by atoms with Crippen molar-refractivity contribution in [3.63, 3.8) is 0 Å². The Bertz CT molecular complexity index is 1680. The second kappa shape index (κ2) is 16.4. The van der Waals surface area contributed by atoms with Gasteiger partial charge in [0, 0.05) is 54.5 Å². The molecule has 3 aromatic heterocycles. The molecule has 0 saturated heterocycles. The van der Waals surface area contributed by atoms with Crippen molar-refractivity contribution in [2.75, 3.05) is 23.7 Å². The molecular formula is C36H47N7O2. The summed E-state index contributed by atoms with van der Waals surface area (Å²) in [6, 6.07) is 15.3. The van der Waals surface area contributed by atoms with Gasteiger partial charge in [-0.2, -0.15) is 0 Å². The molecule has 238 valence electrons. The van der Waals surface area contributed by atoms with Crippen molar-refractivity contribution in [3.8, 4) is 11.5 Å². The van der Waals surface area contributed by atoms with E-state index in [4.69, 9.17) is 4.74 Å². The number of ether oxygens (including phenoxy) is 1. The number of nitrogens with one attached hydrogen (secondary N) is 2. The Morgan fingerprint density at radius 3 is 2.44 bits per heavy atom. The molecule has 45 heavy (non-hydrogen) atoms. The lowest BCUT2D eigenvalue weighted by Gasteiger charge is -2.24. The number of pyridine rings is 1. The number of aromatic nitrogens is 4. The number of fused-ring (bicyclic) bond motifs is 2. The van der Waals surface area contributed by atoms with Crippen LogP contribution in [0.5, 0.6) is 11.5 Å². The second-order valence-electron chi connectivity index (χ2n) is 11.4. The maximum absolute atomic E-state index is 13.1. The number of unbranched alkanes of at least 4 members (excludes halogenated alkanes) is 1. The largest absolute Gasteiger partial charge is 0.457 e. The SMILES string of the molecule is CCCC.CCCN(CCC(C)CC)C(=O)Nc1ccc2ncnc(Nc3ccc(Oc4ccn5ccnc5c4)c(C)c3)c2c1. The van der Waals surface area contributed by atoms with E-state index in [1.165, 1.54) is 19.2 Å². The monoisotopic (exact) mass is 609 g/mol. The lowest BCUT2D eigenvalue weighted by molar-refractivity contribution is 0.207. The minimum atomic E-state index is -0.0843. The number of imidazole rings is 1. The number of rotatable bonds is 12. The highest BCUT2D eigenvalue weighted by molar-refractivity contribution is 5.96. The molecule has 5 aromatic rings. The number of carbonyl (C=O) groups excluding carboxylic acids is 1. The molecule has 0 saturated carbocycles. The molecular weight excluding hydrogens is 562 g/mol. The van der Waals surface area contributed by atoms with Gasteiger partial charge < -0.3 is 24.7 Å². The summed E-state index contributed by atoms with van der Waals surface area (Å²) in [5.74, 6) is 2.73. The Morgan fingerprint density at radius 1 is 0.911 bits per heavy atom. The van der Waals surface area contributed by atoms with E-state index in [-0.39, 0.29) is 6.03 Å². The van der Waals surface area contributed by atoms with Crippen LogP contribution in [0.3, 0.4) is 0 Å². The number of benzene rings is 2. The zero-order valence-corrected chi connectivity index (χ0v) is 27.5. The Kier molecular flexibility index (Phi) is 12.1. The van der Waals surface area contributed by atoms with Gasteiger partial charge in [0.2, 0.25) is 0 Å². The zero-order valence-electron chi connectivity index (χ0n) is 27.5. The van der Waals surface area contributed by atoms with Crippen molar-refractivity contribution in [2.45, 2.75) is 73.6 Å². The van der Waals surface area contributed by atoms with Gasteiger partial charge in [0.15, 0.2) is 0 Å². The van der Waals surface area contributed by atoms with Crippen LogP contribution in [0, 0.1) is 12.8 Å². The van der Waals surface area contributed by atoms with E-state index in [9.17, 15) is 4.79 Å². The number of aryl methyl sites for hydroxylation is 1. The van der Waals surface area contributed by atoms with Crippen molar-refractivity contribution in [1.29, 1.82) is 0 Å². The molecule has 1 unspecified atom stereocenters. The molecule has 9 heteroatoms. The van der Waals surface area contributed by atoms with E-state index in [0.29, 0.717) is 17.4 Å². The Hall–Kier alpha value is -4.66. The molecule has 0 radical (unpaired) electrons. The molecule has 0 aliphatic heterocycles. The normalized spacial score (nSPS) is 11.5. The summed E-state index contributed by atoms with van der Waals surface area (Å²) in [5.41, 5.74) is 4.16. The summed E-state index contributed by atoms with van der Waals surface area (Å²) in [5, 5.41) is 7.32. The van der Waals surface area contributed by atoms with E-state index < -0.39 is 0 Å². The number of anilines is 3. The first-order chi connectivity index (χ1) is 21.8. The van der Waals surface area contributed by atoms with E-state index in [1.54, 1.807) is 6.20 Å². The van der Waals surface area contributed by atoms with Crippen molar-refractivity contribution < 1.29 is 9.53 Å². The fourth-order valence-electron chi connectivity index (χ4n) is 4.66. The third-order valence-electron chi connectivity index (χ3n) is 7.79. The van der Waals surface area contributed by atoms with Crippen LogP contribution in [0.4, 0.5) is 22.0 Å². The molecule has 0 spiro atoms. The van der Waals surface area contributed by atoms with Gasteiger partial charge >= 0.3 is 6.03 Å². The number of hydrogen-bond donors (Lipinski definition) is 2. The van der Waals surface area contributed by atoms with Crippen LogP contribution >= 0.6 is 0 Å². The van der Waals surface area contributed by atoms with E-state index in [1.807, 2.05) is 77.1 Å². The predicted molar refractivity (Wildman–Crippen MR) is 185 cm³/mol. The Morgan fingerprint density at radius 2 is 1.71 bits per heavy atom. The molecule has 0 aliphatic carbocycles. The summed E-state index contributed by atoms with van der Waals surface area (Å²) in [6.07, 6.45) is 12.8. The lowest BCUT2D eigenvalue weighted by atomic mass is 10.1. The summed E-state index contributed by atoms with van der Waals surface area (Å²) in [6.45, 7) is 14.3. The molecule has 9 nitrogen and oxygen atoms in total. The molecule has 2 aromatic carbocycles. The smallest absolute Gasteiger partial charge is 0.321 e. The van der Waals surface area contributed by atoms with Gasteiger partial charge in [-0.1, -0.05) is 53.9 Å².